The largest absolute Gasteiger partial charge is 0.462 e. The minimum Gasteiger partial charge on any atom is -0.462 e. The normalized spacial score (nSPS) is 12.8. The third-order valence-electron chi connectivity index (χ3n) is 10.6. The van der Waals surface area contributed by atoms with Crippen molar-refractivity contribution in [2.24, 2.45) is 0 Å². The third-order valence-corrected chi connectivity index (χ3v) is 10.6. The maximum absolute atomic E-state index is 12.8. The Kier molecular flexibility index (Phi) is 47.5. The highest BCUT2D eigenvalue weighted by molar-refractivity contribution is 5.71. The summed E-state index contributed by atoms with van der Waals surface area (Å²) in [5, 5.41) is 0. The molecular formula is C56H94O6. The first kappa shape index (κ1) is 58.6. The van der Waals surface area contributed by atoms with Gasteiger partial charge in [0.1, 0.15) is 13.2 Å². The van der Waals surface area contributed by atoms with Gasteiger partial charge < -0.3 is 14.2 Å². The van der Waals surface area contributed by atoms with Gasteiger partial charge >= 0.3 is 17.9 Å². The Morgan fingerprint density at radius 3 is 0.984 bits per heavy atom. The second-order valence-electron chi connectivity index (χ2n) is 16.7. The number of ether oxygens (including phenoxy) is 3. The van der Waals surface area contributed by atoms with Crippen LogP contribution in [-0.4, -0.2) is 37.2 Å². The molecule has 0 bridgehead atoms. The quantitative estimate of drug-likeness (QED) is 0.0263. The summed E-state index contributed by atoms with van der Waals surface area (Å²) in [4.78, 5) is 38.0. The van der Waals surface area contributed by atoms with Gasteiger partial charge in [-0.05, 0) is 89.9 Å². The average molecular weight is 863 g/mol. The van der Waals surface area contributed by atoms with Crippen LogP contribution >= 0.6 is 0 Å². The number of allylic oxidation sites excluding steroid dienone is 14. The van der Waals surface area contributed by atoms with E-state index in [1.165, 1.54) is 57.8 Å². The van der Waals surface area contributed by atoms with Crippen LogP contribution in [0.4, 0.5) is 0 Å². The molecule has 0 rings (SSSR count). The van der Waals surface area contributed by atoms with Crippen LogP contribution in [0.5, 0.6) is 0 Å². The highest BCUT2D eigenvalue weighted by Crippen LogP contribution is 2.14. The molecule has 0 saturated carbocycles. The van der Waals surface area contributed by atoms with Gasteiger partial charge in [0.05, 0.1) is 0 Å². The monoisotopic (exact) mass is 863 g/mol. The summed E-state index contributed by atoms with van der Waals surface area (Å²) in [6.45, 7) is 6.37. The summed E-state index contributed by atoms with van der Waals surface area (Å²) in [5.74, 6) is -0.933. The molecule has 6 heteroatoms. The van der Waals surface area contributed by atoms with Gasteiger partial charge in [-0.15, -0.1) is 0 Å². The highest BCUT2D eigenvalue weighted by atomic mass is 16.6. The van der Waals surface area contributed by atoms with Crippen molar-refractivity contribution < 1.29 is 28.6 Å². The van der Waals surface area contributed by atoms with E-state index in [0.29, 0.717) is 19.3 Å². The number of unbranched alkanes of at least 4 members (excludes halogenated alkanes) is 20. The predicted molar refractivity (Wildman–Crippen MR) is 265 cm³/mol. The van der Waals surface area contributed by atoms with Gasteiger partial charge in [0.15, 0.2) is 6.10 Å². The first-order valence-electron chi connectivity index (χ1n) is 25.6. The van der Waals surface area contributed by atoms with Crippen molar-refractivity contribution in [1.29, 1.82) is 0 Å². The molecule has 0 aromatic heterocycles. The van der Waals surface area contributed by atoms with E-state index in [1.54, 1.807) is 0 Å². The maximum atomic E-state index is 12.8. The summed E-state index contributed by atoms with van der Waals surface area (Å²) < 4.78 is 16.8. The second-order valence-corrected chi connectivity index (χ2v) is 16.7. The number of rotatable bonds is 45. The van der Waals surface area contributed by atoms with Crippen LogP contribution in [0.1, 0.15) is 233 Å². The minimum atomic E-state index is -0.794. The fourth-order valence-corrected chi connectivity index (χ4v) is 6.86. The molecule has 0 fully saturated rings. The van der Waals surface area contributed by atoms with E-state index in [2.05, 4.69) is 106 Å². The van der Waals surface area contributed by atoms with Crippen molar-refractivity contribution in [3.05, 3.63) is 85.1 Å². The lowest BCUT2D eigenvalue weighted by molar-refractivity contribution is -0.167. The molecule has 1 atom stereocenters. The minimum absolute atomic E-state index is 0.0907. The van der Waals surface area contributed by atoms with Crippen molar-refractivity contribution in [2.45, 2.75) is 239 Å². The molecular weight excluding hydrogens is 769 g/mol. The van der Waals surface area contributed by atoms with E-state index in [0.717, 1.165) is 135 Å². The molecule has 0 unspecified atom stereocenters. The lowest BCUT2D eigenvalue weighted by Gasteiger charge is -2.18. The van der Waals surface area contributed by atoms with Crippen molar-refractivity contribution in [3.8, 4) is 0 Å². The molecule has 0 aliphatic heterocycles. The van der Waals surface area contributed by atoms with E-state index in [-0.39, 0.29) is 31.1 Å². The summed E-state index contributed by atoms with van der Waals surface area (Å²) in [6, 6.07) is 0. The van der Waals surface area contributed by atoms with E-state index in [4.69, 9.17) is 14.2 Å². The summed E-state index contributed by atoms with van der Waals surface area (Å²) >= 11 is 0. The molecule has 6 nitrogen and oxygen atoms in total. The first-order chi connectivity index (χ1) is 30.5. The van der Waals surface area contributed by atoms with Crippen LogP contribution in [0, 0.1) is 0 Å². The van der Waals surface area contributed by atoms with E-state index in [9.17, 15) is 14.4 Å². The predicted octanol–water partition coefficient (Wildman–Crippen LogP) is 16.8. The standard InChI is InChI=1S/C56H94O6/c1-4-7-10-13-16-19-22-25-27-28-30-31-34-37-40-43-46-49-55(58)61-52-53(51-60-54(57)48-45-42-39-36-33-24-21-18-15-12-9-6-3)62-56(59)50-47-44-41-38-35-32-29-26-23-20-17-14-11-8-5-2/h7-8,10-11,16-17,19-20,25-27,29-31,53H,4-6,9,12-15,18,21-24,28,32-52H2,1-3H3/b10-7-,11-8-,19-16-,20-17-,27-25-,29-26-,31-30-/t53-/m0/s1. The molecule has 0 aliphatic rings. The zero-order valence-corrected chi connectivity index (χ0v) is 40.4. The number of hydrogen-bond acceptors (Lipinski definition) is 6. The van der Waals surface area contributed by atoms with Gasteiger partial charge in [-0.1, -0.05) is 209 Å². The molecule has 0 saturated heterocycles. The number of carbonyl (C=O) groups is 3. The van der Waals surface area contributed by atoms with Gasteiger partial charge in [-0.3, -0.25) is 14.4 Å². The lowest BCUT2D eigenvalue weighted by Crippen LogP contribution is -2.30. The molecule has 0 aliphatic carbocycles. The Morgan fingerprint density at radius 2 is 0.629 bits per heavy atom. The molecule has 0 N–H and O–H groups in total. The Balaban J connectivity index is 4.45. The molecule has 0 aromatic rings. The topological polar surface area (TPSA) is 78.9 Å². The molecule has 0 spiro atoms. The summed E-state index contributed by atoms with van der Waals surface area (Å²) in [5.41, 5.74) is 0. The molecule has 62 heavy (non-hydrogen) atoms. The fraction of sp³-hybridized carbons (Fsp3) is 0.696. The van der Waals surface area contributed by atoms with E-state index < -0.39 is 6.10 Å². The fourth-order valence-electron chi connectivity index (χ4n) is 6.86. The SMILES string of the molecule is CC/C=C\C/C=C\C/C=C\C/C=C\CCCCCCC(=O)OC[C@H](COC(=O)CCCCCCCCCCCCCC)OC(=O)CCCCCCC/C=C\C/C=C\C/C=C\CC. The molecule has 0 heterocycles. The molecule has 0 amide bonds. The summed E-state index contributed by atoms with van der Waals surface area (Å²) in [7, 11) is 0. The Bertz CT molecular complexity index is 1220. The molecule has 0 radical (unpaired) electrons. The van der Waals surface area contributed by atoms with Gasteiger partial charge in [-0.2, -0.15) is 0 Å². The van der Waals surface area contributed by atoms with Gasteiger partial charge in [0.25, 0.3) is 0 Å². The zero-order valence-electron chi connectivity index (χ0n) is 40.4. The van der Waals surface area contributed by atoms with Crippen LogP contribution in [0.25, 0.3) is 0 Å². The second kappa shape index (κ2) is 50.2. The van der Waals surface area contributed by atoms with Crippen LogP contribution in [0.15, 0.2) is 85.1 Å². The Morgan fingerprint density at radius 1 is 0.339 bits per heavy atom. The lowest BCUT2D eigenvalue weighted by atomic mass is 10.0. The van der Waals surface area contributed by atoms with E-state index in [1.807, 2.05) is 0 Å². The van der Waals surface area contributed by atoms with Crippen LogP contribution in [0.3, 0.4) is 0 Å². The van der Waals surface area contributed by atoms with Gasteiger partial charge in [0, 0.05) is 19.3 Å². The van der Waals surface area contributed by atoms with Crippen LogP contribution in [-0.2, 0) is 28.6 Å². The van der Waals surface area contributed by atoms with E-state index >= 15 is 0 Å². The van der Waals surface area contributed by atoms with Crippen molar-refractivity contribution >= 4 is 17.9 Å². The Hall–Kier alpha value is -3.41. The van der Waals surface area contributed by atoms with Crippen molar-refractivity contribution in [1.82, 2.24) is 0 Å². The summed E-state index contributed by atoms with van der Waals surface area (Å²) in [6.07, 6.45) is 64.2. The third kappa shape index (κ3) is 47.6. The molecule has 354 valence electrons. The number of esters is 3. The Labute approximate surface area is 382 Å². The van der Waals surface area contributed by atoms with Gasteiger partial charge in [-0.25, -0.2) is 0 Å². The maximum Gasteiger partial charge on any atom is 0.306 e. The van der Waals surface area contributed by atoms with Gasteiger partial charge in [0.2, 0.25) is 0 Å². The smallest absolute Gasteiger partial charge is 0.306 e. The number of carbonyl (C=O) groups excluding carboxylic acids is 3. The molecule has 0 aromatic carbocycles. The van der Waals surface area contributed by atoms with Crippen LogP contribution in [0.2, 0.25) is 0 Å². The van der Waals surface area contributed by atoms with Crippen LogP contribution < -0.4 is 0 Å². The first-order valence-corrected chi connectivity index (χ1v) is 25.6. The van der Waals surface area contributed by atoms with Crippen molar-refractivity contribution in [2.75, 3.05) is 13.2 Å². The average Bonchev–Trinajstić information content (AvgIpc) is 3.27. The highest BCUT2D eigenvalue weighted by Gasteiger charge is 2.19. The number of hydrogen-bond donors (Lipinski definition) is 0. The van der Waals surface area contributed by atoms with Crippen molar-refractivity contribution in [3.63, 3.8) is 0 Å². The zero-order chi connectivity index (χ0) is 45.1.